The number of carbonyl (C=O) groups excluding carboxylic acids is 1. The zero-order valence-electron chi connectivity index (χ0n) is 22.6. The molecule has 2 aromatic heterocycles. The summed E-state index contributed by atoms with van der Waals surface area (Å²) >= 11 is 0. The maximum absolute atomic E-state index is 15.7. The molecule has 0 saturated carbocycles. The summed E-state index contributed by atoms with van der Waals surface area (Å²) in [5.74, 6) is -0.308. The van der Waals surface area contributed by atoms with E-state index in [4.69, 9.17) is 0 Å². The standard InChI is InChI=1S/C31H29FN6O2/c1-31(2,3)21-12-8-20(9-13-21)29(39)37-24-7-5-6-23(26(24)32)25-18-38(4)30(40)28(36-25)35-22-14-10-19(11-15-22)27-33-16-17-34-27/h5-18H,1-4H3,(H,33,34)(H,35,36)(H,37,39). The fourth-order valence-electron chi connectivity index (χ4n) is 4.23. The Balaban J connectivity index is 1.40. The summed E-state index contributed by atoms with van der Waals surface area (Å²) in [5.41, 5.74) is 3.01. The van der Waals surface area contributed by atoms with Crippen LogP contribution in [0.25, 0.3) is 22.6 Å². The highest BCUT2D eigenvalue weighted by Gasteiger charge is 2.18. The lowest BCUT2D eigenvalue weighted by molar-refractivity contribution is 0.102. The number of hydrogen-bond donors (Lipinski definition) is 3. The van der Waals surface area contributed by atoms with Crippen LogP contribution >= 0.6 is 0 Å². The Labute approximate surface area is 231 Å². The molecule has 3 aromatic carbocycles. The summed E-state index contributed by atoms with van der Waals surface area (Å²) in [6.07, 6.45) is 4.87. The maximum atomic E-state index is 15.7. The molecule has 0 radical (unpaired) electrons. The lowest BCUT2D eigenvalue weighted by Crippen LogP contribution is -2.21. The van der Waals surface area contributed by atoms with Gasteiger partial charge in [-0.05, 0) is 59.5 Å². The number of rotatable bonds is 6. The van der Waals surface area contributed by atoms with Crippen LogP contribution in [0.4, 0.5) is 21.6 Å². The van der Waals surface area contributed by atoms with E-state index in [0.29, 0.717) is 11.3 Å². The number of H-pyrrole nitrogens is 1. The van der Waals surface area contributed by atoms with Gasteiger partial charge in [-0.15, -0.1) is 0 Å². The molecule has 0 aliphatic carbocycles. The lowest BCUT2D eigenvalue weighted by Gasteiger charge is -2.19. The van der Waals surface area contributed by atoms with Gasteiger partial charge in [0.1, 0.15) is 5.82 Å². The number of aryl methyl sites for hydroxylation is 1. The first-order chi connectivity index (χ1) is 19.1. The Morgan fingerprint density at radius 3 is 2.38 bits per heavy atom. The third-order valence-corrected chi connectivity index (χ3v) is 6.53. The van der Waals surface area contributed by atoms with Crippen molar-refractivity contribution >= 4 is 23.1 Å². The zero-order chi connectivity index (χ0) is 28.4. The van der Waals surface area contributed by atoms with Crippen LogP contribution in [0.5, 0.6) is 0 Å². The van der Waals surface area contributed by atoms with E-state index in [2.05, 4.69) is 46.4 Å². The highest BCUT2D eigenvalue weighted by molar-refractivity contribution is 6.04. The fraction of sp³-hybridized carbons (Fsp3) is 0.161. The maximum Gasteiger partial charge on any atom is 0.293 e. The quantitative estimate of drug-likeness (QED) is 0.237. The van der Waals surface area contributed by atoms with Gasteiger partial charge in [-0.25, -0.2) is 14.4 Å². The largest absolute Gasteiger partial charge is 0.345 e. The van der Waals surface area contributed by atoms with E-state index >= 15 is 4.39 Å². The van der Waals surface area contributed by atoms with Gasteiger partial charge in [0, 0.05) is 48.0 Å². The Bertz CT molecular complexity index is 1720. The van der Waals surface area contributed by atoms with Crippen molar-refractivity contribution in [3.05, 3.63) is 113 Å². The molecule has 0 spiro atoms. The van der Waals surface area contributed by atoms with Gasteiger partial charge in [-0.1, -0.05) is 39.0 Å². The van der Waals surface area contributed by atoms with Crippen molar-refractivity contribution in [2.24, 2.45) is 7.05 Å². The predicted octanol–water partition coefficient (Wildman–Crippen LogP) is 6.27. The van der Waals surface area contributed by atoms with Crippen LogP contribution in [0, 0.1) is 5.82 Å². The summed E-state index contributed by atoms with van der Waals surface area (Å²) in [4.78, 5) is 37.4. The van der Waals surface area contributed by atoms with E-state index in [0.717, 1.165) is 17.0 Å². The van der Waals surface area contributed by atoms with Crippen LogP contribution in [0.15, 0.2) is 90.1 Å². The number of aromatic nitrogens is 4. The predicted molar refractivity (Wildman–Crippen MR) is 155 cm³/mol. The smallest absolute Gasteiger partial charge is 0.293 e. The molecule has 40 heavy (non-hydrogen) atoms. The fourth-order valence-corrected chi connectivity index (χ4v) is 4.23. The van der Waals surface area contributed by atoms with Crippen LogP contribution in [-0.4, -0.2) is 25.4 Å². The van der Waals surface area contributed by atoms with E-state index in [9.17, 15) is 9.59 Å². The molecule has 202 valence electrons. The van der Waals surface area contributed by atoms with E-state index in [1.54, 1.807) is 55.8 Å². The van der Waals surface area contributed by atoms with Crippen LogP contribution < -0.4 is 16.2 Å². The van der Waals surface area contributed by atoms with E-state index in [1.807, 2.05) is 24.3 Å². The molecule has 5 aromatic rings. The Hall–Kier alpha value is -5.05. The number of halogens is 1. The highest BCUT2D eigenvalue weighted by Crippen LogP contribution is 2.28. The summed E-state index contributed by atoms with van der Waals surface area (Å²) in [6.45, 7) is 6.28. The van der Waals surface area contributed by atoms with Gasteiger partial charge in [0.25, 0.3) is 11.5 Å². The molecule has 0 atom stereocenters. The van der Waals surface area contributed by atoms with Gasteiger partial charge >= 0.3 is 0 Å². The minimum absolute atomic E-state index is 0.0149. The molecular weight excluding hydrogens is 507 g/mol. The van der Waals surface area contributed by atoms with Crippen molar-refractivity contribution in [3.8, 4) is 22.6 Å². The number of aromatic amines is 1. The number of hydrogen-bond acceptors (Lipinski definition) is 5. The first-order valence-electron chi connectivity index (χ1n) is 12.8. The molecule has 0 unspecified atom stereocenters. The minimum Gasteiger partial charge on any atom is -0.345 e. The van der Waals surface area contributed by atoms with Gasteiger partial charge in [0.2, 0.25) is 0 Å². The highest BCUT2D eigenvalue weighted by atomic mass is 19.1. The van der Waals surface area contributed by atoms with Crippen molar-refractivity contribution < 1.29 is 9.18 Å². The van der Waals surface area contributed by atoms with E-state index in [1.165, 1.54) is 16.8 Å². The van der Waals surface area contributed by atoms with Crippen molar-refractivity contribution in [2.45, 2.75) is 26.2 Å². The molecule has 0 aliphatic heterocycles. The molecule has 3 N–H and O–H groups in total. The van der Waals surface area contributed by atoms with Crippen molar-refractivity contribution in [3.63, 3.8) is 0 Å². The summed E-state index contributed by atoms with van der Waals surface area (Å²) in [5, 5.41) is 5.69. The number of amides is 1. The molecule has 2 heterocycles. The molecule has 5 rings (SSSR count). The monoisotopic (exact) mass is 536 g/mol. The summed E-state index contributed by atoms with van der Waals surface area (Å²) < 4.78 is 17.0. The molecular formula is C31H29FN6O2. The number of nitrogens with one attached hydrogen (secondary N) is 3. The first-order valence-corrected chi connectivity index (χ1v) is 12.8. The molecule has 0 fully saturated rings. The molecule has 0 bridgehead atoms. The van der Waals surface area contributed by atoms with Gasteiger partial charge in [-0.2, -0.15) is 0 Å². The number of anilines is 3. The first kappa shape index (κ1) is 26.6. The third-order valence-electron chi connectivity index (χ3n) is 6.53. The topological polar surface area (TPSA) is 105 Å². The zero-order valence-corrected chi connectivity index (χ0v) is 22.6. The normalized spacial score (nSPS) is 11.3. The van der Waals surface area contributed by atoms with Crippen LogP contribution in [0.2, 0.25) is 0 Å². The summed E-state index contributed by atoms with van der Waals surface area (Å²) in [6, 6.07) is 19.2. The van der Waals surface area contributed by atoms with Gasteiger partial charge in [0.15, 0.2) is 11.6 Å². The average Bonchev–Trinajstić information content (AvgIpc) is 3.47. The molecule has 0 aliphatic rings. The van der Waals surface area contributed by atoms with Crippen LogP contribution in [0.1, 0.15) is 36.7 Å². The second-order valence-corrected chi connectivity index (χ2v) is 10.5. The minimum atomic E-state index is -0.651. The van der Waals surface area contributed by atoms with Crippen LogP contribution in [0.3, 0.4) is 0 Å². The van der Waals surface area contributed by atoms with E-state index < -0.39 is 11.7 Å². The molecule has 1 amide bonds. The third kappa shape index (κ3) is 5.54. The summed E-state index contributed by atoms with van der Waals surface area (Å²) in [7, 11) is 1.57. The van der Waals surface area contributed by atoms with Crippen molar-refractivity contribution in [1.82, 2.24) is 19.5 Å². The Kier molecular flexibility index (Phi) is 7.04. The molecule has 9 heteroatoms. The lowest BCUT2D eigenvalue weighted by atomic mass is 9.87. The number of benzene rings is 3. The van der Waals surface area contributed by atoms with E-state index in [-0.39, 0.29) is 33.7 Å². The van der Waals surface area contributed by atoms with Crippen molar-refractivity contribution in [2.75, 3.05) is 10.6 Å². The number of imidazole rings is 1. The van der Waals surface area contributed by atoms with Gasteiger partial charge < -0.3 is 20.2 Å². The SMILES string of the molecule is Cn1cc(-c2cccc(NC(=O)c3ccc(C(C)(C)C)cc3)c2F)nc(Nc2ccc(-c3ncc[nH]3)cc2)c1=O. The Morgan fingerprint density at radius 2 is 1.73 bits per heavy atom. The molecule has 0 saturated heterocycles. The Morgan fingerprint density at radius 1 is 1.00 bits per heavy atom. The number of carbonyl (C=O) groups is 1. The van der Waals surface area contributed by atoms with Crippen molar-refractivity contribution in [1.29, 1.82) is 0 Å². The second-order valence-electron chi connectivity index (χ2n) is 10.5. The average molecular weight is 537 g/mol. The van der Waals surface area contributed by atoms with Gasteiger partial charge in [-0.3, -0.25) is 9.59 Å². The molecule has 8 nitrogen and oxygen atoms in total. The van der Waals surface area contributed by atoms with Gasteiger partial charge in [0.05, 0.1) is 11.4 Å². The number of nitrogens with zero attached hydrogens (tertiary/aromatic N) is 3. The second kappa shape index (κ2) is 10.6. The van der Waals surface area contributed by atoms with Crippen LogP contribution in [-0.2, 0) is 12.5 Å².